The molecule has 0 amide bonds. The molecule has 0 unspecified atom stereocenters. The maximum absolute atomic E-state index is 11.9. The Bertz CT molecular complexity index is 551. The fourth-order valence-corrected chi connectivity index (χ4v) is 2.56. The Labute approximate surface area is 106 Å². The highest BCUT2D eigenvalue weighted by atomic mass is 32.2. The second-order valence-corrected chi connectivity index (χ2v) is 5.91. The van der Waals surface area contributed by atoms with Gasteiger partial charge in [0.15, 0.2) is 0 Å². The standard InChI is InChI=1S/C12H15NO4S/c1-3-7-13(2)18(16,17)9-10-5-4-6-11(8-10)12(14)15/h3-6,8H,1,7,9H2,2H3,(H,14,15). The quantitative estimate of drug-likeness (QED) is 0.791. The van der Waals surface area contributed by atoms with Crippen molar-refractivity contribution >= 4 is 16.0 Å². The molecule has 1 aromatic carbocycles. The monoisotopic (exact) mass is 269 g/mol. The van der Waals surface area contributed by atoms with Gasteiger partial charge in [-0.1, -0.05) is 18.2 Å². The molecule has 18 heavy (non-hydrogen) atoms. The van der Waals surface area contributed by atoms with E-state index in [1.165, 1.54) is 35.6 Å². The molecule has 0 atom stereocenters. The van der Waals surface area contributed by atoms with Crippen LogP contribution in [0.3, 0.4) is 0 Å². The highest BCUT2D eigenvalue weighted by Crippen LogP contribution is 2.11. The molecular formula is C12H15NO4S. The van der Waals surface area contributed by atoms with Gasteiger partial charge in [-0.3, -0.25) is 0 Å². The van der Waals surface area contributed by atoms with E-state index in [1.54, 1.807) is 6.07 Å². The van der Waals surface area contributed by atoms with Crippen LogP contribution in [0.25, 0.3) is 0 Å². The maximum atomic E-state index is 11.9. The Kier molecular flexibility index (Phi) is 4.63. The zero-order valence-electron chi connectivity index (χ0n) is 10.0. The molecule has 0 saturated carbocycles. The smallest absolute Gasteiger partial charge is 0.335 e. The summed E-state index contributed by atoms with van der Waals surface area (Å²) in [5.74, 6) is -1.30. The van der Waals surface area contributed by atoms with E-state index in [0.717, 1.165) is 0 Å². The first-order valence-corrected chi connectivity index (χ1v) is 6.85. The van der Waals surface area contributed by atoms with Gasteiger partial charge < -0.3 is 5.11 Å². The van der Waals surface area contributed by atoms with Gasteiger partial charge in [0.25, 0.3) is 0 Å². The van der Waals surface area contributed by atoms with E-state index in [9.17, 15) is 13.2 Å². The van der Waals surface area contributed by atoms with E-state index in [1.807, 2.05) is 0 Å². The van der Waals surface area contributed by atoms with Gasteiger partial charge in [0.1, 0.15) is 0 Å². The molecule has 0 aliphatic carbocycles. The van der Waals surface area contributed by atoms with Crippen LogP contribution in [-0.2, 0) is 15.8 Å². The van der Waals surface area contributed by atoms with Crippen LogP contribution >= 0.6 is 0 Å². The summed E-state index contributed by atoms with van der Waals surface area (Å²) in [5, 5.41) is 8.83. The number of likely N-dealkylation sites (N-methyl/N-ethyl adjacent to an activating group) is 1. The largest absolute Gasteiger partial charge is 0.478 e. The SMILES string of the molecule is C=CCN(C)S(=O)(=O)Cc1cccc(C(=O)O)c1. The number of hydrogen-bond donors (Lipinski definition) is 1. The molecule has 0 aliphatic rings. The lowest BCUT2D eigenvalue weighted by atomic mass is 10.1. The van der Waals surface area contributed by atoms with E-state index in [4.69, 9.17) is 5.11 Å². The summed E-state index contributed by atoms with van der Waals surface area (Å²) < 4.78 is 25.0. The Morgan fingerprint density at radius 3 is 2.72 bits per heavy atom. The summed E-state index contributed by atoms with van der Waals surface area (Å²) in [6.07, 6.45) is 1.49. The Balaban J connectivity index is 2.94. The van der Waals surface area contributed by atoms with Gasteiger partial charge in [0.2, 0.25) is 10.0 Å². The van der Waals surface area contributed by atoms with Crippen LogP contribution < -0.4 is 0 Å². The van der Waals surface area contributed by atoms with Crippen LogP contribution in [0, 0.1) is 0 Å². The predicted octanol–water partition coefficient (Wildman–Crippen LogP) is 1.33. The van der Waals surface area contributed by atoms with Crippen molar-refractivity contribution in [1.29, 1.82) is 0 Å². The van der Waals surface area contributed by atoms with Gasteiger partial charge in [-0.15, -0.1) is 6.58 Å². The van der Waals surface area contributed by atoms with Crippen molar-refractivity contribution in [2.24, 2.45) is 0 Å². The van der Waals surface area contributed by atoms with Gasteiger partial charge in [-0.2, -0.15) is 0 Å². The summed E-state index contributed by atoms with van der Waals surface area (Å²) in [4.78, 5) is 10.8. The van der Waals surface area contributed by atoms with Crippen LogP contribution in [-0.4, -0.2) is 37.4 Å². The zero-order valence-corrected chi connectivity index (χ0v) is 10.9. The van der Waals surface area contributed by atoms with Gasteiger partial charge in [0.05, 0.1) is 11.3 Å². The molecule has 0 heterocycles. The van der Waals surface area contributed by atoms with E-state index in [-0.39, 0.29) is 17.9 Å². The van der Waals surface area contributed by atoms with Crippen LogP contribution in [0.15, 0.2) is 36.9 Å². The van der Waals surface area contributed by atoms with E-state index in [0.29, 0.717) is 5.56 Å². The number of carboxylic acids is 1. The third-order valence-electron chi connectivity index (χ3n) is 2.38. The van der Waals surface area contributed by atoms with Crippen molar-refractivity contribution in [3.63, 3.8) is 0 Å². The molecular weight excluding hydrogens is 254 g/mol. The first-order chi connectivity index (χ1) is 8.36. The molecule has 1 aromatic rings. The average Bonchev–Trinajstić information content (AvgIpc) is 2.29. The fourth-order valence-electron chi connectivity index (χ4n) is 1.41. The van der Waals surface area contributed by atoms with Crippen molar-refractivity contribution in [3.05, 3.63) is 48.0 Å². The molecule has 0 aliphatic heterocycles. The maximum Gasteiger partial charge on any atom is 0.335 e. The number of sulfonamides is 1. The van der Waals surface area contributed by atoms with E-state index >= 15 is 0 Å². The van der Waals surface area contributed by atoms with E-state index in [2.05, 4.69) is 6.58 Å². The molecule has 1 rings (SSSR count). The molecule has 6 heteroatoms. The predicted molar refractivity (Wildman–Crippen MR) is 68.9 cm³/mol. The first-order valence-electron chi connectivity index (χ1n) is 5.24. The second-order valence-electron chi connectivity index (χ2n) is 3.83. The second kappa shape index (κ2) is 5.79. The summed E-state index contributed by atoms with van der Waals surface area (Å²) in [6, 6.07) is 5.90. The molecule has 0 bridgehead atoms. The first kappa shape index (κ1) is 14.4. The number of benzene rings is 1. The molecule has 0 saturated heterocycles. The summed E-state index contributed by atoms with van der Waals surface area (Å²) >= 11 is 0. The Morgan fingerprint density at radius 1 is 1.50 bits per heavy atom. The van der Waals surface area contributed by atoms with Gasteiger partial charge >= 0.3 is 5.97 Å². The van der Waals surface area contributed by atoms with E-state index < -0.39 is 16.0 Å². The molecule has 98 valence electrons. The minimum atomic E-state index is -3.45. The van der Waals surface area contributed by atoms with Crippen LogP contribution in [0.2, 0.25) is 0 Å². The molecule has 1 N–H and O–H groups in total. The Hall–Kier alpha value is -1.66. The van der Waals surface area contributed by atoms with Crippen molar-refractivity contribution in [2.75, 3.05) is 13.6 Å². The van der Waals surface area contributed by atoms with Crippen LogP contribution in [0.4, 0.5) is 0 Å². The molecule has 0 aromatic heterocycles. The molecule has 0 radical (unpaired) electrons. The van der Waals surface area contributed by atoms with Gasteiger partial charge in [-0.25, -0.2) is 17.5 Å². The number of carbonyl (C=O) groups is 1. The summed E-state index contributed by atoms with van der Waals surface area (Å²) in [7, 11) is -1.99. The van der Waals surface area contributed by atoms with Gasteiger partial charge in [0, 0.05) is 13.6 Å². The van der Waals surface area contributed by atoms with Crippen LogP contribution in [0.5, 0.6) is 0 Å². The highest BCUT2D eigenvalue weighted by Gasteiger charge is 2.17. The highest BCUT2D eigenvalue weighted by molar-refractivity contribution is 7.88. The van der Waals surface area contributed by atoms with Crippen molar-refractivity contribution < 1.29 is 18.3 Å². The minimum Gasteiger partial charge on any atom is -0.478 e. The normalized spacial score (nSPS) is 11.4. The molecule has 5 nitrogen and oxygen atoms in total. The number of hydrogen-bond acceptors (Lipinski definition) is 3. The molecule has 0 fully saturated rings. The lowest BCUT2D eigenvalue weighted by Gasteiger charge is -2.15. The average molecular weight is 269 g/mol. The number of carboxylic acid groups (broad SMARTS) is 1. The van der Waals surface area contributed by atoms with Crippen LogP contribution in [0.1, 0.15) is 15.9 Å². The lowest BCUT2D eigenvalue weighted by molar-refractivity contribution is 0.0696. The zero-order chi connectivity index (χ0) is 13.8. The fraction of sp³-hybridized carbons (Fsp3) is 0.250. The third-order valence-corrected chi connectivity index (χ3v) is 4.18. The lowest BCUT2D eigenvalue weighted by Crippen LogP contribution is -2.28. The topological polar surface area (TPSA) is 74.7 Å². The molecule has 0 spiro atoms. The van der Waals surface area contributed by atoms with Crippen molar-refractivity contribution in [3.8, 4) is 0 Å². The number of rotatable bonds is 6. The summed E-state index contributed by atoms with van der Waals surface area (Å²) in [5.41, 5.74) is 0.528. The Morgan fingerprint density at radius 2 is 2.17 bits per heavy atom. The van der Waals surface area contributed by atoms with Crippen molar-refractivity contribution in [1.82, 2.24) is 4.31 Å². The third kappa shape index (κ3) is 3.68. The minimum absolute atomic E-state index is 0.0778. The summed E-state index contributed by atoms with van der Waals surface area (Å²) in [6.45, 7) is 3.70. The number of nitrogens with zero attached hydrogens (tertiary/aromatic N) is 1. The van der Waals surface area contributed by atoms with Crippen molar-refractivity contribution in [2.45, 2.75) is 5.75 Å². The number of aromatic carboxylic acids is 1. The van der Waals surface area contributed by atoms with Gasteiger partial charge in [-0.05, 0) is 17.7 Å².